The Bertz CT molecular complexity index is 272. The summed E-state index contributed by atoms with van der Waals surface area (Å²) in [6, 6.07) is 0. The van der Waals surface area contributed by atoms with Crippen molar-refractivity contribution < 1.29 is 0 Å². The van der Waals surface area contributed by atoms with E-state index >= 15 is 0 Å². The number of nitrogens with zero attached hydrogens (tertiary/aromatic N) is 3. The molecule has 0 radical (unpaired) electrons. The first-order chi connectivity index (χ1) is 6.09. The lowest BCUT2D eigenvalue weighted by Gasteiger charge is -2.22. The molecule has 0 aliphatic rings. The van der Waals surface area contributed by atoms with Crippen LogP contribution >= 0.6 is 23.4 Å². The summed E-state index contributed by atoms with van der Waals surface area (Å²) in [6.45, 7) is 5.27. The van der Waals surface area contributed by atoms with E-state index in [1.807, 2.05) is 16.3 Å². The van der Waals surface area contributed by atoms with E-state index in [0.29, 0.717) is 5.88 Å². The summed E-state index contributed by atoms with van der Waals surface area (Å²) in [4.78, 5) is 0. The van der Waals surface area contributed by atoms with Crippen molar-refractivity contribution in [3.63, 3.8) is 0 Å². The number of alkyl halides is 1. The van der Waals surface area contributed by atoms with E-state index in [9.17, 15) is 0 Å². The van der Waals surface area contributed by atoms with Crippen LogP contribution in [0.15, 0.2) is 6.33 Å². The van der Waals surface area contributed by atoms with Crippen molar-refractivity contribution in [3.05, 3.63) is 12.2 Å². The predicted molar refractivity (Wildman–Crippen MR) is 57.2 cm³/mol. The number of halogens is 1. The fourth-order valence-corrected chi connectivity index (χ4v) is 1.46. The summed E-state index contributed by atoms with van der Waals surface area (Å²) in [6.07, 6.45) is 3.83. The molecule has 0 amide bonds. The molecule has 1 aromatic heterocycles. The molecule has 74 valence electrons. The maximum Gasteiger partial charge on any atom is 0.147 e. The van der Waals surface area contributed by atoms with E-state index in [4.69, 9.17) is 11.6 Å². The van der Waals surface area contributed by atoms with Gasteiger partial charge in [0.05, 0.1) is 5.88 Å². The molecule has 1 rings (SSSR count). The zero-order valence-electron chi connectivity index (χ0n) is 8.12. The minimum Gasteiger partial charge on any atom is -0.315 e. The smallest absolute Gasteiger partial charge is 0.147 e. The van der Waals surface area contributed by atoms with Gasteiger partial charge in [-0.15, -0.1) is 21.8 Å². The molecule has 0 atom stereocenters. The lowest BCUT2D eigenvalue weighted by Crippen LogP contribution is -2.23. The molecule has 0 spiro atoms. The first kappa shape index (κ1) is 10.9. The van der Waals surface area contributed by atoms with E-state index in [2.05, 4.69) is 30.3 Å². The van der Waals surface area contributed by atoms with Crippen LogP contribution in [0.25, 0.3) is 0 Å². The first-order valence-electron chi connectivity index (χ1n) is 4.07. The van der Waals surface area contributed by atoms with E-state index in [-0.39, 0.29) is 4.75 Å². The molecule has 0 unspecified atom stereocenters. The topological polar surface area (TPSA) is 30.7 Å². The van der Waals surface area contributed by atoms with Crippen LogP contribution in [0.3, 0.4) is 0 Å². The summed E-state index contributed by atoms with van der Waals surface area (Å²) in [5, 5.41) is 7.76. The quantitative estimate of drug-likeness (QED) is 0.728. The van der Waals surface area contributed by atoms with E-state index in [1.54, 1.807) is 6.33 Å². The molecule has 0 saturated heterocycles. The average Bonchev–Trinajstić information content (AvgIpc) is 2.51. The van der Waals surface area contributed by atoms with Gasteiger partial charge in [-0.05, 0) is 20.1 Å². The summed E-state index contributed by atoms with van der Waals surface area (Å²) >= 11 is 7.54. The third-order valence-electron chi connectivity index (χ3n) is 1.92. The number of thioether (sulfide) groups is 1. The molecule has 0 N–H and O–H groups in total. The second kappa shape index (κ2) is 4.33. The van der Waals surface area contributed by atoms with Crippen LogP contribution < -0.4 is 0 Å². The largest absolute Gasteiger partial charge is 0.315 e. The van der Waals surface area contributed by atoms with Gasteiger partial charge < -0.3 is 4.57 Å². The van der Waals surface area contributed by atoms with Crippen LogP contribution in [-0.2, 0) is 12.4 Å². The van der Waals surface area contributed by atoms with Crippen molar-refractivity contribution in [1.29, 1.82) is 0 Å². The van der Waals surface area contributed by atoms with Gasteiger partial charge in [0.25, 0.3) is 0 Å². The molecular formula is C8H14ClN3S. The van der Waals surface area contributed by atoms with E-state index < -0.39 is 0 Å². The van der Waals surface area contributed by atoms with Crippen LogP contribution in [0.2, 0.25) is 0 Å². The molecule has 0 aromatic carbocycles. The summed E-state index contributed by atoms with van der Waals surface area (Å²) < 4.78 is 2.20. The zero-order chi connectivity index (χ0) is 9.90. The van der Waals surface area contributed by atoms with Gasteiger partial charge in [0, 0.05) is 11.3 Å². The Morgan fingerprint density at radius 1 is 1.62 bits per heavy atom. The summed E-state index contributed by atoms with van der Waals surface area (Å²) in [7, 11) is 0. The number of hydrogen-bond donors (Lipinski definition) is 0. The highest BCUT2D eigenvalue weighted by atomic mass is 35.5. The van der Waals surface area contributed by atoms with Gasteiger partial charge in [-0.1, -0.05) is 0 Å². The Morgan fingerprint density at radius 3 is 2.85 bits per heavy atom. The fourth-order valence-electron chi connectivity index (χ4n) is 0.989. The third kappa shape index (κ3) is 2.88. The van der Waals surface area contributed by atoms with Crippen LogP contribution in [-0.4, -0.2) is 25.8 Å². The highest BCUT2D eigenvalue weighted by Crippen LogP contribution is 2.23. The van der Waals surface area contributed by atoms with Gasteiger partial charge in [-0.25, -0.2) is 0 Å². The van der Waals surface area contributed by atoms with Gasteiger partial charge in [0.15, 0.2) is 0 Å². The number of hydrogen-bond acceptors (Lipinski definition) is 3. The van der Waals surface area contributed by atoms with Gasteiger partial charge in [-0.3, -0.25) is 0 Å². The minimum atomic E-state index is 0.198. The maximum atomic E-state index is 5.72. The van der Waals surface area contributed by atoms with E-state index in [1.165, 1.54) is 0 Å². The van der Waals surface area contributed by atoms with Crippen molar-refractivity contribution >= 4 is 23.4 Å². The molecule has 5 heteroatoms. The van der Waals surface area contributed by atoms with Gasteiger partial charge >= 0.3 is 0 Å². The first-order valence-corrected chi connectivity index (χ1v) is 5.83. The predicted octanol–water partition coefficient (Wildman–Crippen LogP) is 2.16. The number of aromatic nitrogens is 3. The summed E-state index contributed by atoms with van der Waals surface area (Å²) in [5.74, 6) is 1.26. The van der Waals surface area contributed by atoms with Gasteiger partial charge in [0.1, 0.15) is 12.2 Å². The van der Waals surface area contributed by atoms with Crippen molar-refractivity contribution in [2.24, 2.45) is 0 Å². The minimum absolute atomic E-state index is 0.198. The molecule has 0 aliphatic heterocycles. The second-order valence-electron chi connectivity index (χ2n) is 3.47. The molecule has 13 heavy (non-hydrogen) atoms. The van der Waals surface area contributed by atoms with Gasteiger partial charge in [0.2, 0.25) is 0 Å². The van der Waals surface area contributed by atoms with Crippen LogP contribution in [0.4, 0.5) is 0 Å². The average molecular weight is 220 g/mol. The molecule has 0 bridgehead atoms. The van der Waals surface area contributed by atoms with Crippen molar-refractivity contribution in [3.8, 4) is 0 Å². The van der Waals surface area contributed by atoms with Crippen LogP contribution in [0.1, 0.15) is 19.7 Å². The lowest BCUT2D eigenvalue weighted by molar-refractivity contribution is 0.554. The maximum absolute atomic E-state index is 5.72. The Balaban J connectivity index is 2.73. The highest BCUT2D eigenvalue weighted by Gasteiger charge is 2.18. The highest BCUT2D eigenvalue weighted by molar-refractivity contribution is 7.99. The normalized spacial score (nSPS) is 12.0. The fraction of sp³-hybridized carbons (Fsp3) is 0.750. The zero-order valence-corrected chi connectivity index (χ0v) is 9.69. The Labute approximate surface area is 87.9 Å². The van der Waals surface area contributed by atoms with Crippen molar-refractivity contribution in [1.82, 2.24) is 14.8 Å². The molecule has 1 heterocycles. The standard InChI is InChI=1S/C8H14ClN3S/c1-8(2,13-3)5-12-6-10-11-7(12)4-9/h6H,4-5H2,1-3H3. The Hall–Kier alpha value is -0.220. The second-order valence-corrected chi connectivity index (χ2v) is 5.25. The van der Waals surface area contributed by atoms with Crippen LogP contribution in [0, 0.1) is 0 Å². The Kier molecular flexibility index (Phi) is 3.62. The molecule has 0 aliphatic carbocycles. The molecule has 3 nitrogen and oxygen atoms in total. The monoisotopic (exact) mass is 219 g/mol. The molecule has 0 saturated carbocycles. The van der Waals surface area contributed by atoms with Crippen LogP contribution in [0.5, 0.6) is 0 Å². The molecule has 0 fully saturated rings. The summed E-state index contributed by atoms with van der Waals surface area (Å²) in [5.41, 5.74) is 0. The molecular weight excluding hydrogens is 206 g/mol. The van der Waals surface area contributed by atoms with Crippen molar-refractivity contribution in [2.45, 2.75) is 31.0 Å². The Morgan fingerprint density at radius 2 is 2.31 bits per heavy atom. The van der Waals surface area contributed by atoms with Crippen molar-refractivity contribution in [2.75, 3.05) is 6.26 Å². The lowest BCUT2D eigenvalue weighted by atomic mass is 10.2. The molecule has 1 aromatic rings. The third-order valence-corrected chi connectivity index (χ3v) is 3.39. The van der Waals surface area contributed by atoms with Gasteiger partial charge in [-0.2, -0.15) is 11.8 Å². The van der Waals surface area contributed by atoms with E-state index in [0.717, 1.165) is 12.4 Å². The number of rotatable bonds is 4. The SMILES string of the molecule is CSC(C)(C)Cn1cnnc1CCl.